The third-order valence-electron chi connectivity index (χ3n) is 3.30. The van der Waals surface area contributed by atoms with Crippen LogP contribution < -0.4 is 4.74 Å². The summed E-state index contributed by atoms with van der Waals surface area (Å²) < 4.78 is 20.1. The van der Waals surface area contributed by atoms with E-state index in [0.717, 1.165) is 0 Å². The molecule has 6 nitrogen and oxygen atoms in total. The molecule has 0 aliphatic carbocycles. The van der Waals surface area contributed by atoms with E-state index in [-0.39, 0.29) is 16.3 Å². The lowest BCUT2D eigenvalue weighted by molar-refractivity contribution is 0.373. The van der Waals surface area contributed by atoms with Crippen LogP contribution in [-0.4, -0.2) is 33.3 Å². The molecule has 0 spiro atoms. The molecule has 122 valence electrons. The SMILES string of the molecule is COc1cccc(/C=N/n2c(-c3cccc(F)c3)n[nH]c2=S)c1O. The molecule has 8 heteroatoms. The van der Waals surface area contributed by atoms with Gasteiger partial charge in [0.05, 0.1) is 13.3 Å². The molecule has 0 aliphatic heterocycles. The summed E-state index contributed by atoms with van der Waals surface area (Å²) in [6.07, 6.45) is 1.42. The number of phenolic OH excluding ortho intramolecular Hbond substituents is 1. The van der Waals surface area contributed by atoms with E-state index in [1.807, 2.05) is 0 Å². The van der Waals surface area contributed by atoms with Crippen LogP contribution in [0.15, 0.2) is 47.6 Å². The van der Waals surface area contributed by atoms with Crippen molar-refractivity contribution in [1.29, 1.82) is 0 Å². The molecule has 3 rings (SSSR count). The molecular weight excluding hydrogens is 331 g/mol. The molecule has 3 aromatic rings. The van der Waals surface area contributed by atoms with E-state index in [1.54, 1.807) is 30.3 Å². The number of ether oxygens (including phenoxy) is 1. The van der Waals surface area contributed by atoms with Gasteiger partial charge in [0, 0.05) is 11.1 Å². The highest BCUT2D eigenvalue weighted by Gasteiger charge is 2.10. The number of hydrogen-bond donors (Lipinski definition) is 2. The Balaban J connectivity index is 2.03. The minimum atomic E-state index is -0.387. The van der Waals surface area contributed by atoms with E-state index in [9.17, 15) is 9.50 Å². The largest absolute Gasteiger partial charge is 0.504 e. The highest BCUT2D eigenvalue weighted by atomic mass is 32.1. The fraction of sp³-hybridized carbons (Fsp3) is 0.0625. The number of rotatable bonds is 4. The van der Waals surface area contributed by atoms with E-state index in [0.29, 0.717) is 22.7 Å². The lowest BCUT2D eigenvalue weighted by atomic mass is 10.2. The first-order chi connectivity index (χ1) is 11.6. The number of benzene rings is 2. The van der Waals surface area contributed by atoms with Crippen molar-refractivity contribution < 1.29 is 14.2 Å². The van der Waals surface area contributed by atoms with Gasteiger partial charge in [-0.3, -0.25) is 0 Å². The summed E-state index contributed by atoms with van der Waals surface area (Å²) in [4.78, 5) is 0. The lowest BCUT2D eigenvalue weighted by Crippen LogP contribution is -1.96. The van der Waals surface area contributed by atoms with E-state index in [2.05, 4.69) is 15.3 Å². The zero-order valence-corrected chi connectivity index (χ0v) is 13.4. The summed E-state index contributed by atoms with van der Waals surface area (Å²) >= 11 is 5.15. The number of hydrogen-bond acceptors (Lipinski definition) is 5. The Morgan fingerprint density at radius 1 is 1.33 bits per heavy atom. The van der Waals surface area contributed by atoms with Gasteiger partial charge in [-0.1, -0.05) is 18.2 Å². The number of H-pyrrole nitrogens is 1. The Kier molecular flexibility index (Phi) is 4.39. The molecule has 0 bridgehead atoms. The lowest BCUT2D eigenvalue weighted by Gasteiger charge is -2.05. The number of para-hydroxylation sites is 1. The van der Waals surface area contributed by atoms with Crippen LogP contribution in [0.5, 0.6) is 11.5 Å². The Labute approximate surface area is 141 Å². The summed E-state index contributed by atoms with van der Waals surface area (Å²) in [5.41, 5.74) is 0.969. The molecule has 24 heavy (non-hydrogen) atoms. The fourth-order valence-corrected chi connectivity index (χ4v) is 2.32. The second-order valence-electron chi connectivity index (χ2n) is 4.82. The van der Waals surface area contributed by atoms with E-state index in [4.69, 9.17) is 17.0 Å². The summed E-state index contributed by atoms with van der Waals surface area (Å²) in [7, 11) is 1.46. The molecule has 1 aromatic heterocycles. The molecule has 0 saturated carbocycles. The van der Waals surface area contributed by atoms with Crippen LogP contribution in [0.4, 0.5) is 4.39 Å². The minimum absolute atomic E-state index is 0.0360. The van der Waals surface area contributed by atoms with Crippen molar-refractivity contribution >= 4 is 18.4 Å². The number of halogens is 1. The van der Waals surface area contributed by atoms with Gasteiger partial charge in [0.1, 0.15) is 5.82 Å². The summed E-state index contributed by atoms with van der Waals surface area (Å²) in [5.74, 6) is 0.270. The van der Waals surface area contributed by atoms with E-state index in [1.165, 1.54) is 30.1 Å². The van der Waals surface area contributed by atoms with Crippen LogP contribution in [0.2, 0.25) is 0 Å². The molecule has 0 unspecified atom stereocenters. The normalized spacial score (nSPS) is 11.1. The third-order valence-corrected chi connectivity index (χ3v) is 3.56. The van der Waals surface area contributed by atoms with Gasteiger partial charge in [-0.2, -0.15) is 14.9 Å². The standard InChI is InChI=1S/C16H13FN4O2S/c1-23-13-7-3-5-11(14(13)22)9-18-21-15(19-20-16(21)24)10-4-2-6-12(17)8-10/h2-9,22H,1H3,(H,20,24)/b18-9+. The highest BCUT2D eigenvalue weighted by molar-refractivity contribution is 7.71. The highest BCUT2D eigenvalue weighted by Crippen LogP contribution is 2.28. The second-order valence-corrected chi connectivity index (χ2v) is 5.20. The van der Waals surface area contributed by atoms with Gasteiger partial charge in [-0.25, -0.2) is 9.49 Å². The number of aromatic hydroxyl groups is 1. The molecule has 0 saturated heterocycles. The quantitative estimate of drug-likeness (QED) is 0.562. The summed E-state index contributed by atoms with van der Waals surface area (Å²) in [6, 6.07) is 11.0. The molecular formula is C16H13FN4O2S. The van der Waals surface area contributed by atoms with Gasteiger partial charge in [-0.15, -0.1) is 0 Å². The summed E-state index contributed by atoms with van der Waals surface area (Å²) in [5, 5.41) is 21.0. The Morgan fingerprint density at radius 2 is 2.12 bits per heavy atom. The third kappa shape index (κ3) is 3.04. The zero-order valence-electron chi connectivity index (χ0n) is 12.6. The molecule has 0 aliphatic rings. The maximum absolute atomic E-state index is 13.4. The van der Waals surface area contributed by atoms with Crippen molar-refractivity contribution in [2.45, 2.75) is 0 Å². The van der Waals surface area contributed by atoms with Gasteiger partial charge in [0.2, 0.25) is 4.77 Å². The molecule has 2 aromatic carbocycles. The topological polar surface area (TPSA) is 75.4 Å². The fourth-order valence-electron chi connectivity index (χ4n) is 2.14. The van der Waals surface area contributed by atoms with Crippen molar-refractivity contribution in [2.75, 3.05) is 7.11 Å². The number of aromatic amines is 1. The average molecular weight is 344 g/mol. The molecule has 0 radical (unpaired) electrons. The predicted octanol–water partition coefficient (Wildman–Crippen LogP) is 3.34. The molecule has 0 fully saturated rings. The van der Waals surface area contributed by atoms with Crippen molar-refractivity contribution in [3.63, 3.8) is 0 Å². The van der Waals surface area contributed by atoms with Crippen LogP contribution in [-0.2, 0) is 0 Å². The van der Waals surface area contributed by atoms with Gasteiger partial charge < -0.3 is 9.84 Å². The minimum Gasteiger partial charge on any atom is -0.504 e. The van der Waals surface area contributed by atoms with Gasteiger partial charge in [0.25, 0.3) is 0 Å². The smallest absolute Gasteiger partial charge is 0.216 e. The monoisotopic (exact) mass is 344 g/mol. The Morgan fingerprint density at radius 3 is 2.88 bits per heavy atom. The second kappa shape index (κ2) is 6.63. The molecule has 2 N–H and O–H groups in total. The predicted molar refractivity (Wildman–Crippen MR) is 90.5 cm³/mol. The summed E-state index contributed by atoms with van der Waals surface area (Å²) in [6.45, 7) is 0. The van der Waals surface area contributed by atoms with Crippen molar-refractivity contribution in [3.8, 4) is 22.9 Å². The number of nitrogens with one attached hydrogen (secondary N) is 1. The van der Waals surface area contributed by atoms with E-state index < -0.39 is 0 Å². The van der Waals surface area contributed by atoms with Crippen molar-refractivity contribution in [2.24, 2.45) is 5.10 Å². The number of phenols is 1. The maximum Gasteiger partial charge on any atom is 0.216 e. The Hall–Kier alpha value is -3.00. The van der Waals surface area contributed by atoms with Crippen molar-refractivity contribution in [1.82, 2.24) is 14.9 Å². The van der Waals surface area contributed by atoms with Gasteiger partial charge in [-0.05, 0) is 36.5 Å². The zero-order chi connectivity index (χ0) is 17.1. The maximum atomic E-state index is 13.4. The first-order valence-corrected chi connectivity index (χ1v) is 7.34. The number of nitrogens with zero attached hydrogens (tertiary/aromatic N) is 3. The molecule has 0 atom stereocenters. The average Bonchev–Trinajstić information content (AvgIpc) is 2.95. The number of aromatic nitrogens is 3. The molecule has 1 heterocycles. The van der Waals surface area contributed by atoms with Crippen LogP contribution in [0.25, 0.3) is 11.4 Å². The van der Waals surface area contributed by atoms with Crippen LogP contribution in [0.3, 0.4) is 0 Å². The van der Waals surface area contributed by atoms with Crippen LogP contribution in [0.1, 0.15) is 5.56 Å². The first-order valence-electron chi connectivity index (χ1n) is 6.94. The van der Waals surface area contributed by atoms with Crippen LogP contribution >= 0.6 is 12.2 Å². The molecule has 0 amide bonds. The first kappa shape index (κ1) is 15.9. The van der Waals surface area contributed by atoms with E-state index >= 15 is 0 Å². The Bertz CT molecular complexity index is 965. The van der Waals surface area contributed by atoms with Gasteiger partial charge >= 0.3 is 0 Å². The van der Waals surface area contributed by atoms with Crippen LogP contribution in [0, 0.1) is 10.6 Å². The number of methoxy groups -OCH3 is 1. The van der Waals surface area contributed by atoms with Gasteiger partial charge in [0.15, 0.2) is 17.3 Å². The van der Waals surface area contributed by atoms with Crippen molar-refractivity contribution in [3.05, 3.63) is 58.6 Å².